The third kappa shape index (κ3) is 4.09. The lowest BCUT2D eigenvalue weighted by Gasteiger charge is -2.22. The standard InChI is InChI=1S/C9H15F2NO3/c10-9(11,6-13)5-12-8(14)7-3-1-2-4-15-7/h7,13H,1-6H2,(H,12,14). The molecule has 4 nitrogen and oxygen atoms in total. The summed E-state index contributed by atoms with van der Waals surface area (Å²) in [5.41, 5.74) is 0. The van der Waals surface area contributed by atoms with Crippen LogP contribution in [-0.2, 0) is 9.53 Å². The van der Waals surface area contributed by atoms with Crippen molar-refractivity contribution >= 4 is 5.91 Å². The number of carbonyl (C=O) groups is 1. The monoisotopic (exact) mass is 223 g/mol. The smallest absolute Gasteiger partial charge is 0.287 e. The molecule has 0 aliphatic carbocycles. The topological polar surface area (TPSA) is 58.6 Å². The Morgan fingerprint density at radius 2 is 2.27 bits per heavy atom. The second-order valence-electron chi connectivity index (χ2n) is 3.59. The molecule has 1 aliphatic heterocycles. The van der Waals surface area contributed by atoms with Crippen molar-refractivity contribution in [3.05, 3.63) is 0 Å². The second kappa shape index (κ2) is 5.37. The fourth-order valence-corrected chi connectivity index (χ4v) is 1.33. The molecule has 1 fully saturated rings. The fraction of sp³-hybridized carbons (Fsp3) is 0.889. The molecule has 1 aliphatic rings. The van der Waals surface area contributed by atoms with E-state index in [0.29, 0.717) is 13.0 Å². The number of rotatable bonds is 4. The van der Waals surface area contributed by atoms with Crippen LogP contribution in [0.4, 0.5) is 8.78 Å². The van der Waals surface area contributed by atoms with Gasteiger partial charge in [0.1, 0.15) is 12.7 Å². The Balaban J connectivity index is 2.28. The Morgan fingerprint density at radius 3 is 2.80 bits per heavy atom. The van der Waals surface area contributed by atoms with Gasteiger partial charge in [0, 0.05) is 6.61 Å². The highest BCUT2D eigenvalue weighted by molar-refractivity contribution is 5.80. The molecule has 15 heavy (non-hydrogen) atoms. The maximum absolute atomic E-state index is 12.6. The number of nitrogens with one attached hydrogen (secondary N) is 1. The zero-order chi connectivity index (χ0) is 11.3. The summed E-state index contributed by atoms with van der Waals surface area (Å²) in [5, 5.41) is 10.4. The number of carbonyl (C=O) groups excluding carboxylic acids is 1. The zero-order valence-corrected chi connectivity index (χ0v) is 8.34. The molecular formula is C9H15F2NO3. The number of amides is 1. The largest absolute Gasteiger partial charge is 0.390 e. The number of halogens is 2. The molecule has 0 radical (unpaired) electrons. The number of ether oxygens (including phenoxy) is 1. The number of alkyl halides is 2. The van der Waals surface area contributed by atoms with Crippen LogP contribution in [0.15, 0.2) is 0 Å². The molecule has 0 spiro atoms. The summed E-state index contributed by atoms with van der Waals surface area (Å²) in [7, 11) is 0. The summed E-state index contributed by atoms with van der Waals surface area (Å²) in [4.78, 5) is 11.3. The van der Waals surface area contributed by atoms with E-state index < -0.39 is 31.1 Å². The van der Waals surface area contributed by atoms with Crippen LogP contribution in [0.3, 0.4) is 0 Å². The number of hydrogen-bond acceptors (Lipinski definition) is 3. The predicted molar refractivity (Wildman–Crippen MR) is 48.6 cm³/mol. The summed E-state index contributed by atoms with van der Waals surface area (Å²) in [6.07, 6.45) is 1.72. The minimum atomic E-state index is -3.26. The molecule has 88 valence electrons. The molecule has 1 unspecified atom stereocenters. The van der Waals surface area contributed by atoms with Gasteiger partial charge in [-0.05, 0) is 19.3 Å². The van der Waals surface area contributed by atoms with Crippen molar-refractivity contribution < 1.29 is 23.4 Å². The summed E-state index contributed by atoms with van der Waals surface area (Å²) in [6.45, 7) is -1.62. The molecular weight excluding hydrogens is 208 g/mol. The number of aliphatic hydroxyl groups excluding tert-OH is 1. The van der Waals surface area contributed by atoms with Crippen LogP contribution in [0.1, 0.15) is 19.3 Å². The van der Waals surface area contributed by atoms with E-state index in [1.807, 2.05) is 0 Å². The van der Waals surface area contributed by atoms with Crippen LogP contribution in [0.25, 0.3) is 0 Å². The van der Waals surface area contributed by atoms with Crippen LogP contribution in [0.2, 0.25) is 0 Å². The lowest BCUT2D eigenvalue weighted by molar-refractivity contribution is -0.138. The van der Waals surface area contributed by atoms with Crippen molar-refractivity contribution in [2.45, 2.75) is 31.3 Å². The molecule has 0 aromatic carbocycles. The van der Waals surface area contributed by atoms with Gasteiger partial charge < -0.3 is 15.2 Å². The molecule has 1 amide bonds. The van der Waals surface area contributed by atoms with Crippen molar-refractivity contribution in [2.75, 3.05) is 19.8 Å². The Morgan fingerprint density at radius 1 is 1.53 bits per heavy atom. The van der Waals surface area contributed by atoms with E-state index in [2.05, 4.69) is 5.32 Å². The van der Waals surface area contributed by atoms with Gasteiger partial charge in [-0.15, -0.1) is 0 Å². The van der Waals surface area contributed by atoms with E-state index in [4.69, 9.17) is 9.84 Å². The first-order chi connectivity index (χ1) is 7.05. The van der Waals surface area contributed by atoms with Gasteiger partial charge in [0.05, 0.1) is 6.54 Å². The van der Waals surface area contributed by atoms with E-state index in [1.165, 1.54) is 0 Å². The van der Waals surface area contributed by atoms with Crippen LogP contribution < -0.4 is 5.32 Å². The maximum atomic E-state index is 12.6. The van der Waals surface area contributed by atoms with Gasteiger partial charge in [0.15, 0.2) is 0 Å². The Hall–Kier alpha value is -0.750. The van der Waals surface area contributed by atoms with Crippen LogP contribution in [0.5, 0.6) is 0 Å². The molecule has 0 aromatic heterocycles. The lowest BCUT2D eigenvalue weighted by atomic mass is 10.1. The highest BCUT2D eigenvalue weighted by Gasteiger charge is 2.30. The van der Waals surface area contributed by atoms with E-state index in [0.717, 1.165) is 12.8 Å². The van der Waals surface area contributed by atoms with Gasteiger partial charge >= 0.3 is 0 Å². The van der Waals surface area contributed by atoms with Gasteiger partial charge in [-0.25, -0.2) is 8.78 Å². The maximum Gasteiger partial charge on any atom is 0.287 e. The van der Waals surface area contributed by atoms with E-state index in [9.17, 15) is 13.6 Å². The zero-order valence-electron chi connectivity index (χ0n) is 8.34. The minimum absolute atomic E-state index is 0.495. The normalized spacial score (nSPS) is 22.5. The highest BCUT2D eigenvalue weighted by Crippen LogP contribution is 2.14. The van der Waals surface area contributed by atoms with Crippen LogP contribution in [-0.4, -0.2) is 42.8 Å². The van der Waals surface area contributed by atoms with Crippen molar-refractivity contribution in [2.24, 2.45) is 0 Å². The summed E-state index contributed by atoms with van der Waals surface area (Å²) >= 11 is 0. The number of aliphatic hydroxyl groups is 1. The average Bonchev–Trinajstić information content (AvgIpc) is 2.27. The van der Waals surface area contributed by atoms with Crippen LogP contribution >= 0.6 is 0 Å². The first kappa shape index (κ1) is 12.3. The van der Waals surface area contributed by atoms with E-state index in [1.54, 1.807) is 0 Å². The van der Waals surface area contributed by atoms with Gasteiger partial charge in [0.25, 0.3) is 5.92 Å². The summed E-state index contributed by atoms with van der Waals surface area (Å²) < 4.78 is 30.3. The Bertz CT molecular complexity index is 217. The molecule has 0 bridgehead atoms. The molecule has 1 rings (SSSR count). The summed E-state index contributed by atoms with van der Waals surface area (Å²) in [5.74, 6) is -3.78. The second-order valence-corrected chi connectivity index (χ2v) is 3.59. The molecule has 1 saturated heterocycles. The third-order valence-electron chi connectivity index (χ3n) is 2.22. The first-order valence-corrected chi connectivity index (χ1v) is 4.93. The predicted octanol–water partition coefficient (Wildman–Crippen LogP) is 0.299. The fourth-order valence-electron chi connectivity index (χ4n) is 1.33. The first-order valence-electron chi connectivity index (χ1n) is 4.93. The Labute approximate surface area is 86.6 Å². The van der Waals surface area contributed by atoms with Gasteiger partial charge in [0.2, 0.25) is 5.91 Å². The van der Waals surface area contributed by atoms with Crippen molar-refractivity contribution in [3.8, 4) is 0 Å². The quantitative estimate of drug-likeness (QED) is 0.720. The highest BCUT2D eigenvalue weighted by atomic mass is 19.3. The number of hydrogen-bond donors (Lipinski definition) is 2. The van der Waals surface area contributed by atoms with Gasteiger partial charge in [-0.3, -0.25) is 4.79 Å². The average molecular weight is 223 g/mol. The van der Waals surface area contributed by atoms with Gasteiger partial charge in [-0.1, -0.05) is 0 Å². The van der Waals surface area contributed by atoms with Crippen molar-refractivity contribution in [3.63, 3.8) is 0 Å². The van der Waals surface area contributed by atoms with E-state index >= 15 is 0 Å². The molecule has 0 saturated carbocycles. The molecule has 2 N–H and O–H groups in total. The third-order valence-corrected chi connectivity index (χ3v) is 2.22. The van der Waals surface area contributed by atoms with E-state index in [-0.39, 0.29) is 0 Å². The minimum Gasteiger partial charge on any atom is -0.390 e. The summed E-state index contributed by atoms with van der Waals surface area (Å²) in [6, 6.07) is 0. The Kier molecular flexibility index (Phi) is 4.41. The van der Waals surface area contributed by atoms with Gasteiger partial charge in [-0.2, -0.15) is 0 Å². The lowest BCUT2D eigenvalue weighted by Crippen LogP contribution is -2.44. The van der Waals surface area contributed by atoms with Crippen molar-refractivity contribution in [1.29, 1.82) is 0 Å². The molecule has 6 heteroatoms. The van der Waals surface area contributed by atoms with Crippen molar-refractivity contribution in [1.82, 2.24) is 5.32 Å². The van der Waals surface area contributed by atoms with Crippen LogP contribution in [0, 0.1) is 0 Å². The molecule has 1 atom stereocenters. The SMILES string of the molecule is O=C(NCC(F)(F)CO)C1CCCCO1. The molecule has 0 aromatic rings. The molecule has 1 heterocycles.